The Kier molecular flexibility index (Phi) is 5.16. The summed E-state index contributed by atoms with van der Waals surface area (Å²) in [7, 11) is 2.18. The topological polar surface area (TPSA) is 31.4 Å². The monoisotopic (exact) mass is 262 g/mol. The van der Waals surface area contributed by atoms with Crippen LogP contribution in [0.2, 0.25) is 0 Å². The molecule has 1 aromatic heterocycles. The van der Waals surface area contributed by atoms with Crippen molar-refractivity contribution in [2.45, 2.75) is 26.8 Å². The van der Waals surface area contributed by atoms with E-state index in [9.17, 15) is 0 Å². The van der Waals surface area contributed by atoms with Crippen molar-refractivity contribution >= 4 is 5.82 Å². The fourth-order valence-electron chi connectivity index (χ4n) is 2.48. The van der Waals surface area contributed by atoms with Crippen molar-refractivity contribution in [3.63, 3.8) is 0 Å². The second kappa shape index (κ2) is 6.87. The van der Waals surface area contributed by atoms with Crippen LogP contribution in [0, 0.1) is 6.92 Å². The van der Waals surface area contributed by atoms with Crippen molar-refractivity contribution in [3.8, 4) is 0 Å². The molecule has 0 aliphatic carbocycles. The molecule has 2 rings (SSSR count). The van der Waals surface area contributed by atoms with Gasteiger partial charge in [0.1, 0.15) is 5.82 Å². The van der Waals surface area contributed by atoms with Gasteiger partial charge in [-0.2, -0.15) is 0 Å². The predicted molar refractivity (Wildman–Crippen MR) is 80.7 cm³/mol. The molecule has 0 unspecified atom stereocenters. The number of anilines is 1. The van der Waals surface area contributed by atoms with Gasteiger partial charge in [-0.15, -0.1) is 0 Å². The molecule has 4 nitrogen and oxygen atoms in total. The van der Waals surface area contributed by atoms with Gasteiger partial charge in [-0.3, -0.25) is 0 Å². The van der Waals surface area contributed by atoms with Crippen LogP contribution < -0.4 is 10.2 Å². The summed E-state index contributed by atoms with van der Waals surface area (Å²) in [6.45, 7) is 10.8. The smallest absolute Gasteiger partial charge is 0.131 e. The Balaban J connectivity index is 1.98. The zero-order valence-corrected chi connectivity index (χ0v) is 12.4. The minimum absolute atomic E-state index is 0.921. The molecule has 0 atom stereocenters. The van der Waals surface area contributed by atoms with Crippen molar-refractivity contribution in [2.24, 2.45) is 0 Å². The van der Waals surface area contributed by atoms with Crippen molar-refractivity contribution in [2.75, 3.05) is 44.7 Å². The van der Waals surface area contributed by atoms with E-state index in [0.717, 1.165) is 45.1 Å². The first-order valence-electron chi connectivity index (χ1n) is 7.30. The molecule has 1 aliphatic rings. The molecular formula is C15H26N4. The van der Waals surface area contributed by atoms with E-state index in [0.29, 0.717) is 0 Å². The maximum absolute atomic E-state index is 4.67. The molecule has 1 aromatic rings. The number of hydrogen-bond acceptors (Lipinski definition) is 4. The van der Waals surface area contributed by atoms with Crippen LogP contribution in [0.5, 0.6) is 0 Å². The first kappa shape index (κ1) is 14.3. The minimum Gasteiger partial charge on any atom is -0.354 e. The molecule has 0 radical (unpaired) electrons. The number of likely N-dealkylation sites (N-methyl/N-ethyl adjacent to an activating group) is 1. The van der Waals surface area contributed by atoms with Gasteiger partial charge in [0, 0.05) is 38.9 Å². The highest BCUT2D eigenvalue weighted by molar-refractivity contribution is 5.47. The third-order valence-electron chi connectivity index (χ3n) is 3.67. The Bertz CT molecular complexity index is 397. The molecule has 19 heavy (non-hydrogen) atoms. The van der Waals surface area contributed by atoms with E-state index < -0.39 is 0 Å². The van der Waals surface area contributed by atoms with Crippen LogP contribution in [-0.4, -0.2) is 49.7 Å². The molecule has 1 aliphatic heterocycles. The Hall–Kier alpha value is -1.13. The van der Waals surface area contributed by atoms with Crippen LogP contribution in [0.25, 0.3) is 0 Å². The first-order chi connectivity index (χ1) is 9.20. The van der Waals surface area contributed by atoms with Gasteiger partial charge >= 0.3 is 0 Å². The number of aryl methyl sites for hydroxylation is 1. The fraction of sp³-hybridized carbons (Fsp3) is 0.667. The van der Waals surface area contributed by atoms with Gasteiger partial charge in [0.2, 0.25) is 0 Å². The molecule has 106 valence electrons. The van der Waals surface area contributed by atoms with Gasteiger partial charge in [0.15, 0.2) is 0 Å². The van der Waals surface area contributed by atoms with Gasteiger partial charge in [0.05, 0.1) is 0 Å². The number of hydrogen-bond donors (Lipinski definition) is 1. The minimum atomic E-state index is 0.921. The molecular weight excluding hydrogens is 236 g/mol. The van der Waals surface area contributed by atoms with E-state index in [1.165, 1.54) is 17.5 Å². The van der Waals surface area contributed by atoms with E-state index in [4.69, 9.17) is 0 Å². The number of aromatic nitrogens is 1. The van der Waals surface area contributed by atoms with Crippen LogP contribution in [0.4, 0.5) is 5.82 Å². The van der Waals surface area contributed by atoms with Gasteiger partial charge in [0.25, 0.3) is 0 Å². The molecule has 1 saturated heterocycles. The van der Waals surface area contributed by atoms with Crippen LogP contribution >= 0.6 is 0 Å². The molecule has 0 spiro atoms. The van der Waals surface area contributed by atoms with Crippen LogP contribution in [0.3, 0.4) is 0 Å². The van der Waals surface area contributed by atoms with E-state index >= 15 is 0 Å². The normalized spacial score (nSPS) is 16.9. The maximum Gasteiger partial charge on any atom is 0.131 e. The van der Waals surface area contributed by atoms with Gasteiger partial charge < -0.3 is 15.1 Å². The molecule has 0 saturated carbocycles. The van der Waals surface area contributed by atoms with Crippen molar-refractivity contribution < 1.29 is 0 Å². The fourth-order valence-corrected chi connectivity index (χ4v) is 2.48. The number of piperazine rings is 1. The van der Waals surface area contributed by atoms with Crippen LogP contribution in [0.15, 0.2) is 12.3 Å². The van der Waals surface area contributed by atoms with Crippen LogP contribution in [-0.2, 0) is 6.54 Å². The third-order valence-corrected chi connectivity index (χ3v) is 3.67. The molecule has 0 bridgehead atoms. The Morgan fingerprint density at radius 1 is 1.26 bits per heavy atom. The number of nitrogens with zero attached hydrogens (tertiary/aromatic N) is 3. The lowest BCUT2D eigenvalue weighted by atomic mass is 10.2. The molecule has 4 heteroatoms. The Morgan fingerprint density at radius 2 is 2.00 bits per heavy atom. The SMILES string of the molecule is CCCNCc1cnc(N2CCN(C)CC2)c(C)c1. The van der Waals surface area contributed by atoms with Crippen LogP contribution in [0.1, 0.15) is 24.5 Å². The molecule has 0 amide bonds. The maximum atomic E-state index is 4.67. The second-order valence-corrected chi connectivity index (χ2v) is 5.45. The average molecular weight is 262 g/mol. The average Bonchev–Trinajstić information content (AvgIpc) is 2.41. The lowest BCUT2D eigenvalue weighted by molar-refractivity contribution is 0.312. The van der Waals surface area contributed by atoms with E-state index in [-0.39, 0.29) is 0 Å². The van der Waals surface area contributed by atoms with E-state index in [1.807, 2.05) is 6.20 Å². The summed E-state index contributed by atoms with van der Waals surface area (Å²) >= 11 is 0. The number of rotatable bonds is 5. The van der Waals surface area contributed by atoms with Crippen molar-refractivity contribution in [1.82, 2.24) is 15.2 Å². The lowest BCUT2D eigenvalue weighted by Gasteiger charge is -2.34. The third kappa shape index (κ3) is 3.91. The summed E-state index contributed by atoms with van der Waals surface area (Å²) in [4.78, 5) is 9.44. The molecule has 2 heterocycles. The number of pyridine rings is 1. The lowest BCUT2D eigenvalue weighted by Crippen LogP contribution is -2.45. The predicted octanol–water partition coefficient (Wildman–Crippen LogP) is 1.64. The summed E-state index contributed by atoms with van der Waals surface area (Å²) in [5, 5.41) is 3.42. The second-order valence-electron chi connectivity index (χ2n) is 5.45. The molecule has 1 fully saturated rings. The zero-order chi connectivity index (χ0) is 13.7. The Morgan fingerprint density at radius 3 is 2.63 bits per heavy atom. The standard InChI is InChI=1S/C15H26N4/c1-4-5-16-11-14-10-13(2)15(17-12-14)19-8-6-18(3)7-9-19/h10,12,16H,4-9,11H2,1-3H3. The highest BCUT2D eigenvalue weighted by Crippen LogP contribution is 2.19. The van der Waals surface area contributed by atoms with E-state index in [2.05, 4.69) is 47.1 Å². The van der Waals surface area contributed by atoms with Gasteiger partial charge in [-0.25, -0.2) is 4.98 Å². The van der Waals surface area contributed by atoms with Crippen molar-refractivity contribution in [3.05, 3.63) is 23.4 Å². The van der Waals surface area contributed by atoms with E-state index in [1.54, 1.807) is 0 Å². The van der Waals surface area contributed by atoms with Crippen molar-refractivity contribution in [1.29, 1.82) is 0 Å². The molecule has 0 aromatic carbocycles. The summed E-state index contributed by atoms with van der Waals surface area (Å²) in [6.07, 6.45) is 3.19. The zero-order valence-electron chi connectivity index (χ0n) is 12.4. The quantitative estimate of drug-likeness (QED) is 0.818. The highest BCUT2D eigenvalue weighted by atomic mass is 15.3. The highest BCUT2D eigenvalue weighted by Gasteiger charge is 2.16. The first-order valence-corrected chi connectivity index (χ1v) is 7.30. The van der Waals surface area contributed by atoms with Gasteiger partial charge in [-0.1, -0.05) is 6.92 Å². The number of nitrogens with one attached hydrogen (secondary N) is 1. The molecule has 1 N–H and O–H groups in total. The summed E-state index contributed by atoms with van der Waals surface area (Å²) < 4.78 is 0. The summed E-state index contributed by atoms with van der Waals surface area (Å²) in [6, 6.07) is 2.27. The van der Waals surface area contributed by atoms with Gasteiger partial charge in [-0.05, 0) is 44.1 Å². The largest absolute Gasteiger partial charge is 0.354 e. The Labute approximate surface area is 116 Å². The summed E-state index contributed by atoms with van der Waals surface area (Å²) in [5.41, 5.74) is 2.57. The summed E-state index contributed by atoms with van der Waals surface area (Å²) in [5.74, 6) is 1.16.